The van der Waals surface area contributed by atoms with Crippen LogP contribution in [-0.4, -0.2) is 142 Å². The smallest absolute Gasteiger partial charge is 0.326 e. The number of amides is 7. The minimum atomic E-state index is -1.83. The van der Waals surface area contributed by atoms with E-state index in [-0.39, 0.29) is 44.1 Å². The van der Waals surface area contributed by atoms with Crippen molar-refractivity contribution in [3.63, 3.8) is 0 Å². The molecule has 0 radical (unpaired) electrons. The molecule has 0 fully saturated rings. The van der Waals surface area contributed by atoms with E-state index in [0.29, 0.717) is 6.42 Å². The van der Waals surface area contributed by atoms with Gasteiger partial charge >= 0.3 is 11.9 Å². The van der Waals surface area contributed by atoms with Crippen LogP contribution in [0.2, 0.25) is 0 Å². The highest BCUT2D eigenvalue weighted by atomic mass is 16.4. The van der Waals surface area contributed by atoms with Crippen molar-refractivity contribution in [3.8, 4) is 0 Å². The van der Waals surface area contributed by atoms with Crippen LogP contribution in [0.4, 0.5) is 0 Å². The maximum Gasteiger partial charge on any atom is 0.326 e. The number of rotatable bonds is 27. The highest BCUT2D eigenvalue weighted by Crippen LogP contribution is 2.10. The molecule has 0 spiro atoms. The van der Waals surface area contributed by atoms with Crippen LogP contribution in [0.1, 0.15) is 66.2 Å². The van der Waals surface area contributed by atoms with E-state index in [1.54, 1.807) is 13.8 Å². The summed E-state index contributed by atoms with van der Waals surface area (Å²) in [5.74, 6) is -11.2. The first kappa shape index (κ1) is 50.4. The van der Waals surface area contributed by atoms with E-state index in [0.717, 1.165) is 0 Å². The Labute approximate surface area is 322 Å². The molecule has 0 saturated carbocycles. The highest BCUT2D eigenvalue weighted by Gasteiger charge is 2.35. The van der Waals surface area contributed by atoms with E-state index in [9.17, 15) is 63.6 Å². The lowest BCUT2D eigenvalue weighted by Gasteiger charge is -2.28. The molecule has 0 aliphatic heterocycles. The van der Waals surface area contributed by atoms with Gasteiger partial charge in [-0.3, -0.25) is 43.3 Å². The number of carbonyl (C=O) groups is 9. The summed E-state index contributed by atoms with van der Waals surface area (Å²) in [7, 11) is 0. The number of primary amides is 1. The van der Waals surface area contributed by atoms with Crippen LogP contribution in [0.15, 0.2) is 4.99 Å². The number of carboxylic acid groups (broad SMARTS) is 2. The van der Waals surface area contributed by atoms with Crippen molar-refractivity contribution in [1.29, 1.82) is 0 Å². The topological polar surface area (TPSA) is 423 Å². The molecule has 24 heteroatoms. The first-order valence-corrected chi connectivity index (χ1v) is 17.6. The number of nitrogens with zero attached hydrogens (tertiary/aromatic N) is 1. The molecule has 18 N–H and O–H groups in total. The predicted molar refractivity (Wildman–Crippen MR) is 196 cm³/mol. The SMILES string of the molecule is CC(C)C[C@H](NC(=O)[C@@H](NC(=O)[C@H](CC(=O)O)NC(=O)[C@H](CO)NC(=O)[C@@H](N)CCCN=C(N)N)C(C)C)C(=O)N[C@@H](CO)C(=O)N[C@@H](CCC(N)=O)C(=O)O. The number of aliphatic carboxylic acids is 2. The van der Waals surface area contributed by atoms with Gasteiger partial charge in [-0.05, 0) is 37.5 Å². The van der Waals surface area contributed by atoms with Gasteiger partial charge in [-0.1, -0.05) is 27.7 Å². The second-order valence-electron chi connectivity index (χ2n) is 13.5. The minimum Gasteiger partial charge on any atom is -0.481 e. The molecule has 0 unspecified atom stereocenters. The zero-order valence-corrected chi connectivity index (χ0v) is 31.8. The molecular weight excluding hydrogens is 746 g/mol. The van der Waals surface area contributed by atoms with Crippen LogP contribution >= 0.6 is 0 Å². The summed E-state index contributed by atoms with van der Waals surface area (Å²) < 4.78 is 0. The number of aliphatic imine (C=N–C) groups is 1. The van der Waals surface area contributed by atoms with Crippen molar-refractivity contribution in [1.82, 2.24) is 31.9 Å². The van der Waals surface area contributed by atoms with Crippen molar-refractivity contribution in [2.75, 3.05) is 19.8 Å². The molecule has 0 saturated heterocycles. The van der Waals surface area contributed by atoms with Crippen molar-refractivity contribution in [2.45, 2.75) is 109 Å². The highest BCUT2D eigenvalue weighted by molar-refractivity contribution is 5.98. The van der Waals surface area contributed by atoms with Gasteiger partial charge in [0.1, 0.15) is 36.3 Å². The number of carboxylic acids is 2. The lowest BCUT2D eigenvalue weighted by Crippen LogP contribution is -2.61. The van der Waals surface area contributed by atoms with Crippen LogP contribution in [0.5, 0.6) is 0 Å². The van der Waals surface area contributed by atoms with Gasteiger partial charge in [-0.25, -0.2) is 4.79 Å². The van der Waals surface area contributed by atoms with E-state index in [2.05, 4.69) is 36.9 Å². The van der Waals surface area contributed by atoms with Crippen molar-refractivity contribution < 1.29 is 63.6 Å². The number of aliphatic hydroxyl groups excluding tert-OH is 2. The third-order valence-corrected chi connectivity index (χ3v) is 7.83. The second kappa shape index (κ2) is 25.5. The Kier molecular flexibility index (Phi) is 22.9. The molecule has 0 aromatic carbocycles. The van der Waals surface area contributed by atoms with Gasteiger partial charge in [0.05, 0.1) is 25.7 Å². The van der Waals surface area contributed by atoms with Crippen molar-refractivity contribution in [2.24, 2.45) is 39.8 Å². The molecule has 24 nitrogen and oxygen atoms in total. The summed E-state index contributed by atoms with van der Waals surface area (Å²) in [6.45, 7) is 4.63. The summed E-state index contributed by atoms with van der Waals surface area (Å²) >= 11 is 0. The fourth-order valence-corrected chi connectivity index (χ4v) is 4.82. The average Bonchev–Trinajstić information content (AvgIpc) is 3.09. The zero-order chi connectivity index (χ0) is 43.3. The third kappa shape index (κ3) is 19.6. The number of nitrogens with one attached hydrogen (secondary N) is 6. The molecule has 0 aliphatic rings. The fraction of sp³-hybridized carbons (Fsp3) is 0.688. The van der Waals surface area contributed by atoms with Crippen LogP contribution in [0.3, 0.4) is 0 Å². The van der Waals surface area contributed by atoms with Gasteiger partial charge in [-0.15, -0.1) is 0 Å². The van der Waals surface area contributed by atoms with E-state index in [4.69, 9.17) is 22.9 Å². The number of guanidine groups is 1. The number of carbonyl (C=O) groups excluding carboxylic acids is 7. The maximum absolute atomic E-state index is 13.5. The van der Waals surface area contributed by atoms with Gasteiger partial charge in [0.2, 0.25) is 41.4 Å². The Balaban J connectivity index is 5.93. The van der Waals surface area contributed by atoms with Crippen LogP contribution in [0, 0.1) is 11.8 Å². The predicted octanol–water partition coefficient (Wildman–Crippen LogP) is -6.21. The van der Waals surface area contributed by atoms with E-state index in [1.807, 2.05) is 0 Å². The van der Waals surface area contributed by atoms with Crippen molar-refractivity contribution >= 4 is 59.2 Å². The van der Waals surface area contributed by atoms with Crippen LogP contribution in [0.25, 0.3) is 0 Å². The summed E-state index contributed by atoms with van der Waals surface area (Å²) in [6, 6.07) is -10.7. The average molecular weight is 804 g/mol. The monoisotopic (exact) mass is 803 g/mol. The number of nitrogens with two attached hydrogens (primary N) is 4. The van der Waals surface area contributed by atoms with Gasteiger partial charge in [0, 0.05) is 13.0 Å². The maximum atomic E-state index is 13.5. The minimum absolute atomic E-state index is 0.0294. The molecule has 7 atom stereocenters. The molecule has 0 aromatic rings. The zero-order valence-electron chi connectivity index (χ0n) is 31.8. The molecular formula is C32H57N11O13. The van der Waals surface area contributed by atoms with E-state index >= 15 is 0 Å². The molecule has 0 bridgehead atoms. The lowest BCUT2D eigenvalue weighted by molar-refractivity contribution is -0.143. The van der Waals surface area contributed by atoms with Gasteiger partial charge in [-0.2, -0.15) is 0 Å². The third-order valence-electron chi connectivity index (χ3n) is 7.83. The Morgan fingerprint density at radius 2 is 1.07 bits per heavy atom. The largest absolute Gasteiger partial charge is 0.481 e. The molecule has 0 aromatic heterocycles. The molecule has 318 valence electrons. The summed E-state index contributed by atoms with van der Waals surface area (Å²) in [5.41, 5.74) is 21.4. The van der Waals surface area contributed by atoms with E-state index in [1.165, 1.54) is 13.8 Å². The number of hydrogen-bond acceptors (Lipinski definition) is 13. The van der Waals surface area contributed by atoms with Gasteiger partial charge in [0.25, 0.3) is 0 Å². The molecule has 7 amide bonds. The molecule has 0 aliphatic carbocycles. The van der Waals surface area contributed by atoms with Gasteiger partial charge in [0.15, 0.2) is 5.96 Å². The summed E-state index contributed by atoms with van der Waals surface area (Å²) in [6.07, 6.45) is -1.38. The Bertz CT molecular complexity index is 1420. The number of hydrogen-bond donors (Lipinski definition) is 14. The van der Waals surface area contributed by atoms with E-state index < -0.39 is 121 Å². The number of aliphatic hydroxyl groups is 2. The van der Waals surface area contributed by atoms with Gasteiger partial charge < -0.3 is 75.3 Å². The summed E-state index contributed by atoms with van der Waals surface area (Å²) in [4.78, 5) is 117. The van der Waals surface area contributed by atoms with Crippen molar-refractivity contribution in [3.05, 3.63) is 0 Å². The summed E-state index contributed by atoms with van der Waals surface area (Å²) in [5, 5.41) is 51.9. The normalized spacial score (nSPS) is 14.7. The molecule has 0 heterocycles. The lowest BCUT2D eigenvalue weighted by atomic mass is 9.99. The Morgan fingerprint density at radius 3 is 1.52 bits per heavy atom. The first-order chi connectivity index (χ1) is 26.0. The quantitative estimate of drug-likeness (QED) is 0.0209. The first-order valence-electron chi connectivity index (χ1n) is 17.6. The standard InChI is InChI=1S/C32H57N11O13/c1-14(2)10-18(26(50)42-21(13-45)28(52)38-17(31(55)56)7-8-22(34)46)40-30(54)24(15(3)4)43-27(51)19(11-23(47)48)39-29(53)20(12-44)41-25(49)16(33)6-5-9-37-32(35)36/h14-21,24,44-45H,5-13,33H2,1-4H3,(H2,34,46)(H,38,52)(H,39,53)(H,40,54)(H,41,49)(H,42,50)(H,43,51)(H,47,48)(H,55,56)(H4,35,36,37)/t16-,17-,18-,19-,20-,21-,24-/m0/s1. The molecule has 0 rings (SSSR count). The Hall–Kier alpha value is -5.62. The molecule has 56 heavy (non-hydrogen) atoms. The Morgan fingerprint density at radius 1 is 0.607 bits per heavy atom. The van der Waals surface area contributed by atoms with Crippen LogP contribution in [-0.2, 0) is 43.2 Å². The van der Waals surface area contributed by atoms with Crippen LogP contribution < -0.4 is 54.8 Å². The second-order valence-corrected chi connectivity index (χ2v) is 13.5. The fourth-order valence-electron chi connectivity index (χ4n) is 4.82.